The van der Waals surface area contributed by atoms with Crippen LogP contribution in [0.15, 0.2) is 53.3 Å². The van der Waals surface area contributed by atoms with Gasteiger partial charge in [0.05, 0.1) is 10.2 Å². The molecule has 0 fully saturated rings. The zero-order valence-corrected chi connectivity index (χ0v) is 11.8. The number of benzene rings is 2. The summed E-state index contributed by atoms with van der Waals surface area (Å²) in [5.74, 6) is 0.0709. The molecule has 3 nitrogen and oxygen atoms in total. The lowest BCUT2D eigenvalue weighted by Crippen LogP contribution is -2.06. The first-order valence-corrected chi connectivity index (χ1v) is 7.13. The molecule has 0 amide bonds. The van der Waals surface area contributed by atoms with E-state index in [0.29, 0.717) is 12.0 Å². The summed E-state index contributed by atoms with van der Waals surface area (Å²) < 4.78 is 2.46. The van der Waals surface area contributed by atoms with E-state index < -0.39 is 0 Å². The third kappa shape index (κ3) is 2.30. The molecule has 0 spiro atoms. The zero-order valence-electron chi connectivity index (χ0n) is 11.0. The molecular weight excluding hydrogens is 270 g/mol. The first-order valence-electron chi connectivity index (χ1n) is 6.32. The molecule has 0 aliphatic heterocycles. The third-order valence-electron chi connectivity index (χ3n) is 3.32. The van der Waals surface area contributed by atoms with E-state index in [1.807, 2.05) is 42.5 Å². The summed E-state index contributed by atoms with van der Waals surface area (Å²) in [7, 11) is 1.74. The van der Waals surface area contributed by atoms with Crippen molar-refractivity contribution in [2.75, 3.05) is 0 Å². The van der Waals surface area contributed by atoms with Crippen LogP contribution in [0.1, 0.15) is 15.9 Å². The van der Waals surface area contributed by atoms with Gasteiger partial charge in [-0.05, 0) is 23.8 Å². The Bertz CT molecular complexity index is 831. The number of hydrogen-bond acceptors (Lipinski definition) is 3. The van der Waals surface area contributed by atoms with Crippen molar-refractivity contribution in [1.29, 1.82) is 0 Å². The highest BCUT2D eigenvalue weighted by atomic mass is 32.1. The second-order valence-corrected chi connectivity index (χ2v) is 5.69. The maximum atomic E-state index is 12.3. The largest absolute Gasteiger partial charge is 0.307 e. The smallest absolute Gasteiger partial charge is 0.302 e. The van der Waals surface area contributed by atoms with E-state index in [1.165, 1.54) is 11.3 Å². The molecule has 0 bridgehead atoms. The zero-order chi connectivity index (χ0) is 14.1. The number of nitrogens with zero attached hydrogens (tertiary/aromatic N) is 1. The fraction of sp³-hybridized carbons (Fsp3) is 0.125. The van der Waals surface area contributed by atoms with Gasteiger partial charge in [-0.1, -0.05) is 41.7 Å². The number of aryl methyl sites for hydroxylation is 1. The molecule has 100 valence electrons. The predicted octanol–water partition coefficient (Wildman–Crippen LogP) is 3.03. The highest BCUT2D eigenvalue weighted by molar-refractivity contribution is 7.16. The number of rotatable bonds is 3. The Morgan fingerprint density at radius 1 is 1.15 bits per heavy atom. The van der Waals surface area contributed by atoms with Crippen LogP contribution in [0, 0.1) is 0 Å². The SMILES string of the molecule is Cn1c(=O)sc2cc(C(=O)Cc3ccccc3)ccc21. The van der Waals surface area contributed by atoms with Gasteiger partial charge in [-0.2, -0.15) is 0 Å². The molecule has 0 unspecified atom stereocenters. The molecule has 20 heavy (non-hydrogen) atoms. The van der Waals surface area contributed by atoms with Gasteiger partial charge in [-0.3, -0.25) is 9.59 Å². The Hall–Kier alpha value is -2.20. The van der Waals surface area contributed by atoms with Crippen LogP contribution >= 0.6 is 11.3 Å². The van der Waals surface area contributed by atoms with Gasteiger partial charge in [0.2, 0.25) is 0 Å². The lowest BCUT2D eigenvalue weighted by Gasteiger charge is -2.02. The van der Waals surface area contributed by atoms with Crippen molar-refractivity contribution in [3.8, 4) is 0 Å². The Morgan fingerprint density at radius 2 is 1.90 bits per heavy atom. The van der Waals surface area contributed by atoms with Crippen molar-refractivity contribution in [3.63, 3.8) is 0 Å². The Morgan fingerprint density at radius 3 is 2.65 bits per heavy atom. The van der Waals surface area contributed by atoms with Crippen LogP contribution in [0.3, 0.4) is 0 Å². The van der Waals surface area contributed by atoms with Crippen molar-refractivity contribution in [3.05, 3.63) is 69.3 Å². The third-order valence-corrected chi connectivity index (χ3v) is 4.32. The monoisotopic (exact) mass is 283 g/mol. The predicted molar refractivity (Wildman–Crippen MR) is 81.5 cm³/mol. The molecule has 0 saturated heterocycles. The maximum Gasteiger partial charge on any atom is 0.307 e. The van der Waals surface area contributed by atoms with Crippen LogP contribution in [0.5, 0.6) is 0 Å². The van der Waals surface area contributed by atoms with Crippen LogP contribution in [0.2, 0.25) is 0 Å². The van der Waals surface area contributed by atoms with Crippen LogP contribution in [-0.4, -0.2) is 10.4 Å². The fourth-order valence-corrected chi connectivity index (χ4v) is 3.11. The summed E-state index contributed by atoms with van der Waals surface area (Å²) in [4.78, 5) is 23.9. The molecule has 0 saturated carbocycles. The van der Waals surface area contributed by atoms with Gasteiger partial charge in [0, 0.05) is 19.0 Å². The Balaban J connectivity index is 1.94. The van der Waals surface area contributed by atoms with Crippen LogP contribution in [0.4, 0.5) is 0 Å². The quantitative estimate of drug-likeness (QED) is 0.693. The highest BCUT2D eigenvalue weighted by Crippen LogP contribution is 2.19. The average Bonchev–Trinajstić information content (AvgIpc) is 2.74. The average molecular weight is 283 g/mol. The van der Waals surface area contributed by atoms with Crippen molar-refractivity contribution in [2.24, 2.45) is 7.05 Å². The van der Waals surface area contributed by atoms with E-state index >= 15 is 0 Å². The first kappa shape index (κ1) is 12.8. The molecule has 3 rings (SSSR count). The highest BCUT2D eigenvalue weighted by Gasteiger charge is 2.10. The number of carbonyl (C=O) groups excluding carboxylic acids is 1. The lowest BCUT2D eigenvalue weighted by atomic mass is 10.0. The van der Waals surface area contributed by atoms with Crippen molar-refractivity contribution in [2.45, 2.75) is 6.42 Å². The first-order chi connectivity index (χ1) is 9.65. The van der Waals surface area contributed by atoms with Crippen LogP contribution in [-0.2, 0) is 13.5 Å². The van der Waals surface area contributed by atoms with E-state index in [2.05, 4.69) is 0 Å². The molecule has 2 aromatic carbocycles. The number of thiazole rings is 1. The molecule has 1 heterocycles. The Kier molecular flexibility index (Phi) is 3.24. The molecule has 4 heteroatoms. The summed E-state index contributed by atoms with van der Waals surface area (Å²) in [6, 6.07) is 15.1. The van der Waals surface area contributed by atoms with E-state index in [1.54, 1.807) is 17.7 Å². The summed E-state index contributed by atoms with van der Waals surface area (Å²) in [5.41, 5.74) is 2.53. The standard InChI is InChI=1S/C16H13NO2S/c1-17-13-8-7-12(10-15(13)20-16(17)19)14(18)9-11-5-3-2-4-6-11/h2-8,10H,9H2,1H3. The number of fused-ring (bicyclic) bond motifs is 1. The van der Waals surface area contributed by atoms with Crippen molar-refractivity contribution >= 4 is 27.3 Å². The molecule has 0 atom stereocenters. The van der Waals surface area contributed by atoms with Crippen molar-refractivity contribution in [1.82, 2.24) is 4.57 Å². The number of hydrogen-bond donors (Lipinski definition) is 0. The fourth-order valence-electron chi connectivity index (χ4n) is 2.19. The molecule has 0 N–H and O–H groups in total. The normalized spacial score (nSPS) is 10.8. The summed E-state index contributed by atoms with van der Waals surface area (Å²) in [6.45, 7) is 0. The van der Waals surface area contributed by atoms with E-state index in [9.17, 15) is 9.59 Å². The van der Waals surface area contributed by atoms with Gasteiger partial charge in [-0.25, -0.2) is 0 Å². The molecule has 3 aromatic rings. The van der Waals surface area contributed by atoms with Gasteiger partial charge in [0.1, 0.15) is 0 Å². The molecule has 1 aromatic heterocycles. The van der Waals surface area contributed by atoms with E-state index in [0.717, 1.165) is 15.8 Å². The van der Waals surface area contributed by atoms with Gasteiger partial charge in [0.15, 0.2) is 5.78 Å². The number of Topliss-reactive ketones (excluding diaryl/α,β-unsaturated/α-hetero) is 1. The van der Waals surface area contributed by atoms with E-state index in [-0.39, 0.29) is 10.7 Å². The second kappa shape index (κ2) is 5.06. The van der Waals surface area contributed by atoms with Crippen LogP contribution < -0.4 is 4.87 Å². The number of carbonyl (C=O) groups is 1. The summed E-state index contributed by atoms with van der Waals surface area (Å²) >= 11 is 1.17. The summed E-state index contributed by atoms with van der Waals surface area (Å²) in [5, 5.41) is 0. The minimum atomic E-state index is -0.00680. The molecule has 0 radical (unpaired) electrons. The number of ketones is 1. The van der Waals surface area contributed by atoms with Gasteiger partial charge in [-0.15, -0.1) is 0 Å². The molecule has 0 aliphatic rings. The lowest BCUT2D eigenvalue weighted by molar-refractivity contribution is 0.0993. The molecular formula is C16H13NO2S. The molecule has 0 aliphatic carbocycles. The minimum absolute atomic E-state index is 0.00680. The van der Waals surface area contributed by atoms with Crippen LogP contribution in [0.25, 0.3) is 10.2 Å². The van der Waals surface area contributed by atoms with Gasteiger partial charge < -0.3 is 4.57 Å². The van der Waals surface area contributed by atoms with E-state index in [4.69, 9.17) is 0 Å². The van der Waals surface area contributed by atoms with Gasteiger partial charge >= 0.3 is 4.87 Å². The number of aromatic nitrogens is 1. The topological polar surface area (TPSA) is 39.1 Å². The second-order valence-electron chi connectivity index (χ2n) is 4.70. The minimum Gasteiger partial charge on any atom is -0.302 e. The van der Waals surface area contributed by atoms with Gasteiger partial charge in [0.25, 0.3) is 0 Å². The maximum absolute atomic E-state index is 12.3. The van der Waals surface area contributed by atoms with Crippen molar-refractivity contribution < 1.29 is 4.79 Å². The Labute approximate surface area is 120 Å². The summed E-state index contributed by atoms with van der Waals surface area (Å²) in [6.07, 6.45) is 0.383.